The zero-order valence-electron chi connectivity index (χ0n) is 8.45. The fourth-order valence-electron chi connectivity index (χ4n) is 1.49. The van der Waals surface area contributed by atoms with Crippen molar-refractivity contribution in [1.29, 1.82) is 0 Å². The Morgan fingerprint density at radius 1 is 1.20 bits per heavy atom. The van der Waals surface area contributed by atoms with E-state index in [2.05, 4.69) is 11.8 Å². The van der Waals surface area contributed by atoms with Gasteiger partial charge in [0.15, 0.2) is 0 Å². The Morgan fingerprint density at radius 2 is 2.07 bits per heavy atom. The van der Waals surface area contributed by atoms with Gasteiger partial charge < -0.3 is 4.74 Å². The van der Waals surface area contributed by atoms with E-state index in [0.717, 1.165) is 24.8 Å². The highest BCUT2D eigenvalue weighted by molar-refractivity contribution is 5.92. The van der Waals surface area contributed by atoms with Gasteiger partial charge in [-0.2, -0.15) is 0 Å². The van der Waals surface area contributed by atoms with Gasteiger partial charge >= 0.3 is 5.97 Å². The Bertz CT molecular complexity index is 424. The van der Waals surface area contributed by atoms with Crippen LogP contribution in [-0.2, 0) is 4.74 Å². The van der Waals surface area contributed by atoms with Crippen molar-refractivity contribution in [2.24, 2.45) is 0 Å². The van der Waals surface area contributed by atoms with Gasteiger partial charge in [0.25, 0.3) is 0 Å². The Morgan fingerprint density at radius 3 is 3.00 bits per heavy atom. The zero-order chi connectivity index (χ0) is 10.5. The molecule has 1 aliphatic rings. The lowest BCUT2D eigenvalue weighted by atomic mass is 10.1. The van der Waals surface area contributed by atoms with Crippen LogP contribution in [0.3, 0.4) is 0 Å². The van der Waals surface area contributed by atoms with E-state index in [0.29, 0.717) is 12.2 Å². The molecule has 2 rings (SSSR count). The second-order valence-electron chi connectivity index (χ2n) is 3.44. The third-order valence-electron chi connectivity index (χ3n) is 2.30. The Kier molecular flexibility index (Phi) is 3.04. The van der Waals surface area contributed by atoms with Crippen molar-refractivity contribution >= 4 is 5.97 Å². The fourth-order valence-corrected chi connectivity index (χ4v) is 1.49. The molecule has 0 saturated heterocycles. The van der Waals surface area contributed by atoms with Crippen LogP contribution in [0.2, 0.25) is 0 Å². The number of fused-ring (bicyclic) bond motifs is 1. The maximum atomic E-state index is 11.6. The van der Waals surface area contributed by atoms with Gasteiger partial charge in [0, 0.05) is 12.0 Å². The zero-order valence-corrected chi connectivity index (χ0v) is 8.45. The van der Waals surface area contributed by atoms with E-state index >= 15 is 0 Å². The van der Waals surface area contributed by atoms with Crippen LogP contribution < -0.4 is 0 Å². The SMILES string of the molecule is O=C1OCCCCC#Cc2ccccc21. The van der Waals surface area contributed by atoms with Crippen molar-refractivity contribution in [3.05, 3.63) is 35.4 Å². The van der Waals surface area contributed by atoms with E-state index in [9.17, 15) is 4.79 Å². The maximum Gasteiger partial charge on any atom is 0.339 e. The third kappa shape index (κ3) is 2.38. The quantitative estimate of drug-likeness (QED) is 0.474. The maximum absolute atomic E-state index is 11.6. The molecule has 0 aliphatic carbocycles. The van der Waals surface area contributed by atoms with Gasteiger partial charge in [-0.15, -0.1) is 0 Å². The van der Waals surface area contributed by atoms with Crippen LogP contribution in [-0.4, -0.2) is 12.6 Å². The molecule has 2 nitrogen and oxygen atoms in total. The van der Waals surface area contributed by atoms with Crippen LogP contribution in [0.5, 0.6) is 0 Å². The largest absolute Gasteiger partial charge is 0.462 e. The number of carbonyl (C=O) groups excluding carboxylic acids is 1. The highest BCUT2D eigenvalue weighted by Gasteiger charge is 2.11. The molecule has 76 valence electrons. The summed E-state index contributed by atoms with van der Waals surface area (Å²) in [6, 6.07) is 7.32. The summed E-state index contributed by atoms with van der Waals surface area (Å²) in [6.07, 6.45) is 2.75. The highest BCUT2D eigenvalue weighted by atomic mass is 16.5. The summed E-state index contributed by atoms with van der Waals surface area (Å²) in [7, 11) is 0. The summed E-state index contributed by atoms with van der Waals surface area (Å²) < 4.78 is 5.14. The normalized spacial score (nSPS) is 15.6. The van der Waals surface area contributed by atoms with Crippen LogP contribution in [0.4, 0.5) is 0 Å². The number of esters is 1. The number of benzene rings is 1. The van der Waals surface area contributed by atoms with Gasteiger partial charge in [0.05, 0.1) is 12.2 Å². The van der Waals surface area contributed by atoms with Crippen LogP contribution in [0.1, 0.15) is 35.2 Å². The van der Waals surface area contributed by atoms with Gasteiger partial charge in [0.2, 0.25) is 0 Å². The first-order valence-electron chi connectivity index (χ1n) is 5.13. The summed E-state index contributed by atoms with van der Waals surface area (Å²) in [6.45, 7) is 0.495. The summed E-state index contributed by atoms with van der Waals surface area (Å²) in [5.74, 6) is 5.82. The van der Waals surface area contributed by atoms with Crippen molar-refractivity contribution in [2.75, 3.05) is 6.61 Å². The lowest BCUT2D eigenvalue weighted by Gasteiger charge is -2.07. The lowest BCUT2D eigenvalue weighted by molar-refractivity contribution is 0.0498. The molecule has 0 bridgehead atoms. The molecule has 0 fully saturated rings. The second-order valence-corrected chi connectivity index (χ2v) is 3.44. The molecular weight excluding hydrogens is 188 g/mol. The van der Waals surface area contributed by atoms with E-state index < -0.39 is 0 Å². The molecular formula is C13H12O2. The monoisotopic (exact) mass is 200 g/mol. The first kappa shape index (κ1) is 9.79. The molecule has 0 atom stereocenters. The molecule has 0 radical (unpaired) electrons. The molecule has 2 heteroatoms. The lowest BCUT2D eigenvalue weighted by Crippen LogP contribution is -2.08. The van der Waals surface area contributed by atoms with Crippen molar-refractivity contribution in [2.45, 2.75) is 19.3 Å². The first-order chi connectivity index (χ1) is 7.38. The fraction of sp³-hybridized carbons (Fsp3) is 0.308. The van der Waals surface area contributed by atoms with E-state index in [1.807, 2.05) is 18.2 Å². The van der Waals surface area contributed by atoms with Gasteiger partial charge in [-0.3, -0.25) is 0 Å². The van der Waals surface area contributed by atoms with E-state index in [-0.39, 0.29) is 5.97 Å². The predicted octanol–water partition coefficient (Wildman–Crippen LogP) is 2.38. The topological polar surface area (TPSA) is 26.3 Å². The number of cyclic esters (lactones) is 1. The minimum Gasteiger partial charge on any atom is -0.462 e. The average Bonchev–Trinajstić information content (AvgIpc) is 2.28. The van der Waals surface area contributed by atoms with Crippen LogP contribution >= 0.6 is 0 Å². The van der Waals surface area contributed by atoms with Gasteiger partial charge in [-0.1, -0.05) is 24.0 Å². The molecule has 15 heavy (non-hydrogen) atoms. The molecule has 1 aliphatic heterocycles. The molecule has 1 aromatic carbocycles. The Balaban J connectivity index is 2.39. The smallest absolute Gasteiger partial charge is 0.339 e. The van der Waals surface area contributed by atoms with Gasteiger partial charge in [0.1, 0.15) is 0 Å². The number of hydrogen-bond donors (Lipinski definition) is 0. The van der Waals surface area contributed by atoms with E-state index in [1.165, 1.54) is 0 Å². The Labute approximate surface area is 89.3 Å². The second kappa shape index (κ2) is 4.65. The van der Waals surface area contributed by atoms with Crippen molar-refractivity contribution in [1.82, 2.24) is 0 Å². The molecule has 0 N–H and O–H groups in total. The molecule has 0 amide bonds. The average molecular weight is 200 g/mol. The summed E-state index contributed by atoms with van der Waals surface area (Å²) in [4.78, 5) is 11.6. The van der Waals surface area contributed by atoms with Crippen LogP contribution in [0.25, 0.3) is 0 Å². The van der Waals surface area contributed by atoms with Crippen molar-refractivity contribution in [3.8, 4) is 11.8 Å². The molecule has 0 spiro atoms. The van der Waals surface area contributed by atoms with Gasteiger partial charge in [-0.25, -0.2) is 4.79 Å². The number of ether oxygens (including phenoxy) is 1. The summed E-state index contributed by atoms with van der Waals surface area (Å²) in [5.41, 5.74) is 1.34. The molecule has 0 unspecified atom stereocenters. The van der Waals surface area contributed by atoms with Gasteiger partial charge in [-0.05, 0) is 25.0 Å². The molecule has 0 saturated carbocycles. The van der Waals surface area contributed by atoms with Crippen LogP contribution in [0, 0.1) is 11.8 Å². The minimum absolute atomic E-state index is 0.262. The molecule has 1 aromatic rings. The predicted molar refractivity (Wildman–Crippen MR) is 57.5 cm³/mol. The number of hydrogen-bond acceptors (Lipinski definition) is 2. The van der Waals surface area contributed by atoms with E-state index in [1.54, 1.807) is 6.07 Å². The number of rotatable bonds is 0. The number of carbonyl (C=O) groups is 1. The third-order valence-corrected chi connectivity index (χ3v) is 2.30. The highest BCUT2D eigenvalue weighted by Crippen LogP contribution is 2.11. The Hall–Kier alpha value is -1.75. The first-order valence-corrected chi connectivity index (χ1v) is 5.13. The van der Waals surface area contributed by atoms with Crippen molar-refractivity contribution in [3.63, 3.8) is 0 Å². The summed E-state index contributed by atoms with van der Waals surface area (Å²) >= 11 is 0. The molecule has 0 aromatic heterocycles. The molecule has 1 heterocycles. The minimum atomic E-state index is -0.262. The van der Waals surface area contributed by atoms with Crippen LogP contribution in [0.15, 0.2) is 24.3 Å². The standard InChI is InChI=1S/C13H12O2/c14-13-12-9-5-4-8-11(12)7-3-1-2-6-10-15-13/h4-5,8-9H,1-2,6,10H2. The summed E-state index contributed by atoms with van der Waals surface area (Å²) in [5, 5.41) is 0. The van der Waals surface area contributed by atoms with Crippen molar-refractivity contribution < 1.29 is 9.53 Å². The van der Waals surface area contributed by atoms with E-state index in [4.69, 9.17) is 4.74 Å².